The number of carboxylic acids is 2. The third kappa shape index (κ3) is 6.78. The number of fused-ring (bicyclic) bond motifs is 1. The Balaban J connectivity index is 1.73. The van der Waals surface area contributed by atoms with Crippen LogP contribution in [0.2, 0.25) is 5.02 Å². The van der Waals surface area contributed by atoms with Gasteiger partial charge in [0.25, 0.3) is 5.70 Å². The number of benzene rings is 3. The van der Waals surface area contributed by atoms with Crippen LogP contribution in [0.5, 0.6) is 11.5 Å². The van der Waals surface area contributed by atoms with Crippen molar-refractivity contribution in [2.45, 2.75) is 6.54 Å². The van der Waals surface area contributed by atoms with E-state index in [1.54, 1.807) is 59.5 Å². The Bertz CT molecular complexity index is 1870. The van der Waals surface area contributed by atoms with Crippen LogP contribution in [0.3, 0.4) is 0 Å². The summed E-state index contributed by atoms with van der Waals surface area (Å²) in [5.41, 5.74) is 1.02. The van der Waals surface area contributed by atoms with Gasteiger partial charge in [-0.3, -0.25) is 0 Å². The summed E-state index contributed by atoms with van der Waals surface area (Å²) in [4.78, 5) is 28.3. The summed E-state index contributed by atoms with van der Waals surface area (Å²) in [6.45, 7) is 7.50. The van der Waals surface area contributed by atoms with E-state index in [2.05, 4.69) is 10.9 Å². The van der Waals surface area contributed by atoms with Crippen LogP contribution in [0.1, 0.15) is 31.8 Å². The molecule has 1 aliphatic rings. The summed E-state index contributed by atoms with van der Waals surface area (Å²) in [6, 6.07) is 19.4. The molecule has 0 aromatic heterocycles. The van der Waals surface area contributed by atoms with Crippen LogP contribution in [-0.2, 0) is 6.54 Å². The van der Waals surface area contributed by atoms with E-state index in [4.69, 9.17) is 27.6 Å². The number of nitriles is 2. The summed E-state index contributed by atoms with van der Waals surface area (Å²) in [5.74, 6) is -1.27. The maximum absolute atomic E-state index is 11.6. The van der Waals surface area contributed by atoms with Gasteiger partial charge in [0, 0.05) is 10.6 Å². The molecule has 0 atom stereocenters. The van der Waals surface area contributed by atoms with E-state index in [9.17, 15) is 30.3 Å². The fourth-order valence-corrected chi connectivity index (χ4v) is 4.54. The number of hydrogen-bond donors (Lipinski definition) is 2. The molecule has 0 unspecified atom stereocenters. The molecular formula is C33H21ClN4O6. The Morgan fingerprint density at radius 3 is 2.36 bits per heavy atom. The molecule has 4 rings (SSSR count). The largest absolute Gasteiger partial charge is 0.497 e. The second-order valence-electron chi connectivity index (χ2n) is 9.09. The van der Waals surface area contributed by atoms with Gasteiger partial charge in [0.05, 0.1) is 54.8 Å². The monoisotopic (exact) mass is 604 g/mol. The van der Waals surface area contributed by atoms with Crippen molar-refractivity contribution >= 4 is 34.8 Å². The van der Waals surface area contributed by atoms with Crippen molar-refractivity contribution in [2.75, 3.05) is 12.0 Å². The molecule has 3 aromatic carbocycles. The minimum Gasteiger partial charge on any atom is -0.497 e. The summed E-state index contributed by atoms with van der Waals surface area (Å²) in [5, 5.41) is 38.9. The lowest BCUT2D eigenvalue weighted by atomic mass is 9.96. The van der Waals surface area contributed by atoms with Gasteiger partial charge in [-0.05, 0) is 71.8 Å². The molecule has 0 spiro atoms. The van der Waals surface area contributed by atoms with Crippen molar-refractivity contribution in [1.82, 2.24) is 0 Å². The highest BCUT2D eigenvalue weighted by Crippen LogP contribution is 2.41. The number of halogens is 1. The smallest absolute Gasteiger partial charge is 0.335 e. The first kappa shape index (κ1) is 30.7. The van der Waals surface area contributed by atoms with Crippen LogP contribution < -0.4 is 14.4 Å². The van der Waals surface area contributed by atoms with Crippen LogP contribution >= 0.6 is 11.6 Å². The minimum absolute atomic E-state index is 0.0486. The predicted octanol–water partition coefficient (Wildman–Crippen LogP) is 6.85. The molecule has 0 aliphatic carbocycles. The molecule has 1 aliphatic heterocycles. The quantitative estimate of drug-likeness (QED) is 0.152. The molecule has 0 amide bonds. The molecule has 0 radical (unpaired) electrons. The van der Waals surface area contributed by atoms with Crippen molar-refractivity contribution in [2.24, 2.45) is 0 Å². The number of rotatable bonds is 9. The fraction of sp³-hybridized carbons (Fsp3) is 0.0606. The van der Waals surface area contributed by atoms with E-state index >= 15 is 0 Å². The number of ether oxygens (including phenoxy) is 2. The van der Waals surface area contributed by atoms with Gasteiger partial charge in [-0.2, -0.15) is 5.26 Å². The molecule has 44 heavy (non-hydrogen) atoms. The van der Waals surface area contributed by atoms with Gasteiger partial charge < -0.3 is 24.6 Å². The molecule has 1 heterocycles. The number of anilines is 1. The Hall–Kier alpha value is -6.28. The Morgan fingerprint density at radius 1 is 1.02 bits per heavy atom. The van der Waals surface area contributed by atoms with Crippen molar-refractivity contribution < 1.29 is 29.3 Å². The summed E-state index contributed by atoms with van der Waals surface area (Å²) >= 11 is 6.23. The minimum atomic E-state index is -1.27. The van der Waals surface area contributed by atoms with Gasteiger partial charge in [-0.15, -0.1) is 0 Å². The highest BCUT2D eigenvalue weighted by molar-refractivity contribution is 6.31. The van der Waals surface area contributed by atoms with Gasteiger partial charge in [-0.1, -0.05) is 35.9 Å². The Kier molecular flexibility index (Phi) is 9.47. The van der Waals surface area contributed by atoms with Gasteiger partial charge >= 0.3 is 11.9 Å². The lowest BCUT2D eigenvalue weighted by Crippen LogP contribution is -2.20. The number of hydrogen-bond acceptors (Lipinski definition) is 7. The molecule has 11 heteroatoms. The second-order valence-corrected chi connectivity index (χ2v) is 9.53. The number of carboxylic acid groups (broad SMARTS) is 2. The normalized spacial score (nSPS) is 13.8. The lowest BCUT2D eigenvalue weighted by Gasteiger charge is -2.19. The molecule has 0 bridgehead atoms. The number of methoxy groups -OCH3 is 1. The number of allylic oxidation sites excluding steroid dienone is 7. The highest BCUT2D eigenvalue weighted by Gasteiger charge is 2.27. The molecule has 0 fully saturated rings. The first-order valence-corrected chi connectivity index (χ1v) is 13.1. The van der Waals surface area contributed by atoms with E-state index in [0.29, 0.717) is 39.2 Å². The third-order valence-corrected chi connectivity index (χ3v) is 6.57. The molecule has 0 saturated heterocycles. The second kappa shape index (κ2) is 13.6. The molecule has 10 nitrogen and oxygen atoms in total. The molecule has 0 saturated carbocycles. The third-order valence-electron chi connectivity index (χ3n) is 6.34. The van der Waals surface area contributed by atoms with E-state index in [1.807, 2.05) is 6.07 Å². The summed E-state index contributed by atoms with van der Waals surface area (Å²) < 4.78 is 11.3. The van der Waals surface area contributed by atoms with E-state index < -0.39 is 11.9 Å². The average Bonchev–Trinajstić information content (AvgIpc) is 3.35. The number of nitrogens with zero attached hydrogens (tertiary/aromatic N) is 4. The van der Waals surface area contributed by atoms with E-state index in [1.165, 1.54) is 31.4 Å². The maximum Gasteiger partial charge on any atom is 0.335 e. The number of carbonyl (C=O) groups is 2. The average molecular weight is 605 g/mol. The fourth-order valence-electron chi connectivity index (χ4n) is 4.38. The first-order chi connectivity index (χ1) is 21.2. The maximum atomic E-state index is 11.6. The lowest BCUT2D eigenvalue weighted by molar-refractivity contribution is 0.0696. The van der Waals surface area contributed by atoms with Crippen LogP contribution in [0, 0.1) is 29.2 Å². The molecular weight excluding hydrogens is 584 g/mol. The summed E-state index contributed by atoms with van der Waals surface area (Å²) in [7, 11) is 1.48. The van der Waals surface area contributed by atoms with Crippen molar-refractivity contribution in [3.05, 3.63) is 141 Å². The van der Waals surface area contributed by atoms with Crippen LogP contribution in [0.4, 0.5) is 5.69 Å². The summed E-state index contributed by atoms with van der Waals surface area (Å²) in [6.07, 6.45) is 6.16. The van der Waals surface area contributed by atoms with E-state index in [0.717, 1.165) is 6.07 Å². The SMILES string of the molecule is [C-]#[N+]/C(C#N)=C(/C(C#N)=C/C=C/C=C1\Oc2ccc(Cl)cc2N1Cc1cc(C(=O)O)cc(C(=O)O)c1)c1cccc(OC)c1. The van der Waals surface area contributed by atoms with Crippen molar-refractivity contribution in [1.29, 1.82) is 10.5 Å². The van der Waals surface area contributed by atoms with Gasteiger partial charge in [-0.25, -0.2) is 19.7 Å². The van der Waals surface area contributed by atoms with Gasteiger partial charge in [0.1, 0.15) is 5.75 Å². The standard InChI is InChI=1S/C33H21ClN4O6/c1-37-27(18-36)31(21-7-5-8-26(15-21)43-2)22(17-35)6-3-4-9-30-38(28-16-25(34)10-11-29(28)44-30)19-20-12-23(32(39)40)14-24(13-20)33(41)42/h3-16H,19H2,2H3,(H,39,40)(H,41,42)/b4-3+,22-6+,30-9-,31-27+. The molecule has 3 aromatic rings. The molecule has 216 valence electrons. The van der Waals surface area contributed by atoms with Gasteiger partial charge in [0.15, 0.2) is 5.75 Å². The first-order valence-electron chi connectivity index (χ1n) is 12.7. The zero-order valence-electron chi connectivity index (χ0n) is 23.0. The van der Waals surface area contributed by atoms with Crippen molar-refractivity contribution in [3.63, 3.8) is 0 Å². The highest BCUT2D eigenvalue weighted by atomic mass is 35.5. The zero-order valence-corrected chi connectivity index (χ0v) is 23.7. The van der Waals surface area contributed by atoms with Crippen LogP contribution in [-0.4, -0.2) is 29.3 Å². The predicted molar refractivity (Wildman–Crippen MR) is 162 cm³/mol. The topological polar surface area (TPSA) is 148 Å². The van der Waals surface area contributed by atoms with E-state index in [-0.39, 0.29) is 34.5 Å². The van der Waals surface area contributed by atoms with Crippen molar-refractivity contribution in [3.8, 4) is 23.6 Å². The Morgan fingerprint density at radius 2 is 1.75 bits per heavy atom. The Labute approximate surface area is 257 Å². The van der Waals surface area contributed by atoms with Crippen LogP contribution in [0.25, 0.3) is 10.4 Å². The molecule has 2 N–H and O–H groups in total. The van der Waals surface area contributed by atoms with Gasteiger partial charge in [0.2, 0.25) is 5.88 Å². The zero-order chi connectivity index (χ0) is 31.8. The number of aromatic carboxylic acids is 2. The van der Waals surface area contributed by atoms with Crippen LogP contribution in [0.15, 0.2) is 102 Å².